The van der Waals surface area contributed by atoms with Crippen molar-refractivity contribution < 1.29 is 13.2 Å². The van der Waals surface area contributed by atoms with Crippen molar-refractivity contribution in [1.82, 2.24) is 20.3 Å². The highest BCUT2D eigenvalue weighted by atomic mass is 32.2. The minimum atomic E-state index is -3.00. The van der Waals surface area contributed by atoms with Crippen LogP contribution in [0.1, 0.15) is 62.1 Å². The number of aromatic amines is 1. The van der Waals surface area contributed by atoms with Crippen molar-refractivity contribution in [3.8, 4) is 17.3 Å². The van der Waals surface area contributed by atoms with Crippen molar-refractivity contribution >= 4 is 32.4 Å². The van der Waals surface area contributed by atoms with Crippen LogP contribution in [0.5, 0.6) is 0 Å². The molecule has 3 heterocycles. The number of rotatable bonds is 6. The van der Waals surface area contributed by atoms with Crippen LogP contribution < -0.4 is 5.32 Å². The van der Waals surface area contributed by atoms with E-state index >= 15 is 0 Å². The molecule has 0 aliphatic heterocycles. The number of pyridine rings is 2. The Bertz CT molecular complexity index is 1490. The Morgan fingerprint density at radius 3 is 2.69 bits per heavy atom. The second-order valence-corrected chi connectivity index (χ2v) is 12.4. The molecule has 1 amide bonds. The van der Waals surface area contributed by atoms with Gasteiger partial charge in [-0.05, 0) is 75.8 Å². The second kappa shape index (κ2) is 8.61. The van der Waals surface area contributed by atoms with Gasteiger partial charge < -0.3 is 10.3 Å². The minimum Gasteiger partial charge on any atom is -0.340 e. The summed E-state index contributed by atoms with van der Waals surface area (Å²) in [5.41, 5.74) is 3.41. The number of carbonyl (C=O) groups is 1. The number of amides is 1. The van der Waals surface area contributed by atoms with E-state index in [0.717, 1.165) is 40.7 Å². The summed E-state index contributed by atoms with van der Waals surface area (Å²) in [4.78, 5) is 24.9. The van der Waals surface area contributed by atoms with Crippen molar-refractivity contribution in [2.75, 3.05) is 0 Å². The van der Waals surface area contributed by atoms with Crippen molar-refractivity contribution in [2.45, 2.75) is 62.0 Å². The average molecular weight is 490 g/mol. The number of carbonyl (C=O) groups excluding carboxylic acids is 1. The molecule has 2 aliphatic rings. The van der Waals surface area contributed by atoms with E-state index in [1.807, 2.05) is 30.3 Å². The van der Waals surface area contributed by atoms with Crippen LogP contribution in [0.4, 0.5) is 0 Å². The second-order valence-electron chi connectivity index (χ2n) is 9.86. The smallest absolute Gasteiger partial charge is 0.271 e. The average Bonchev–Trinajstić information content (AvgIpc) is 3.64. The minimum absolute atomic E-state index is 0.117. The van der Waals surface area contributed by atoms with Gasteiger partial charge in [-0.25, -0.2) is 18.4 Å². The van der Waals surface area contributed by atoms with Gasteiger partial charge in [-0.3, -0.25) is 4.79 Å². The number of nitriles is 1. The van der Waals surface area contributed by atoms with Crippen LogP contribution >= 0.6 is 0 Å². The molecule has 9 heteroatoms. The van der Waals surface area contributed by atoms with Gasteiger partial charge in [0.25, 0.3) is 5.91 Å². The van der Waals surface area contributed by atoms with E-state index in [-0.39, 0.29) is 16.2 Å². The van der Waals surface area contributed by atoms with Crippen molar-refractivity contribution in [3.05, 3.63) is 54.0 Å². The van der Waals surface area contributed by atoms with Gasteiger partial charge >= 0.3 is 0 Å². The van der Waals surface area contributed by atoms with Gasteiger partial charge in [-0.2, -0.15) is 5.26 Å². The number of nitrogens with one attached hydrogen (secondary N) is 2. The Balaban J connectivity index is 1.37. The Hall–Kier alpha value is -3.51. The molecule has 0 bridgehead atoms. The Labute approximate surface area is 204 Å². The summed E-state index contributed by atoms with van der Waals surface area (Å²) in [5.74, 6) is -0.414. The molecule has 3 aromatic heterocycles. The molecule has 3 aromatic rings. The van der Waals surface area contributed by atoms with Crippen LogP contribution in [-0.4, -0.2) is 45.3 Å². The maximum Gasteiger partial charge on any atom is 0.271 e. The Morgan fingerprint density at radius 2 is 2.00 bits per heavy atom. The molecule has 1 atom stereocenters. The van der Waals surface area contributed by atoms with E-state index < -0.39 is 21.3 Å². The number of hydrogen-bond donors (Lipinski definition) is 2. The summed E-state index contributed by atoms with van der Waals surface area (Å²) < 4.78 is 25.1. The van der Waals surface area contributed by atoms with E-state index in [4.69, 9.17) is 5.26 Å². The maximum atomic E-state index is 12.6. The first kappa shape index (κ1) is 23.2. The first-order valence-corrected chi connectivity index (χ1v) is 13.4. The van der Waals surface area contributed by atoms with Crippen molar-refractivity contribution in [1.29, 1.82) is 5.26 Å². The van der Waals surface area contributed by atoms with Gasteiger partial charge in [0.05, 0.1) is 22.3 Å². The number of fused-ring (bicyclic) bond motifs is 1. The predicted molar refractivity (Wildman–Crippen MR) is 134 cm³/mol. The van der Waals surface area contributed by atoms with E-state index in [2.05, 4.69) is 20.3 Å². The summed E-state index contributed by atoms with van der Waals surface area (Å²) in [7, 11) is -3.00. The fourth-order valence-corrected chi connectivity index (χ4v) is 6.60. The number of hydrogen-bond acceptors (Lipinski definition) is 6. The van der Waals surface area contributed by atoms with Gasteiger partial charge in [-0.15, -0.1) is 0 Å². The summed E-state index contributed by atoms with van der Waals surface area (Å²) in [6, 6.07) is 11.2. The van der Waals surface area contributed by atoms with Gasteiger partial charge in [0.1, 0.15) is 16.9 Å². The first-order chi connectivity index (χ1) is 16.7. The third-order valence-corrected chi connectivity index (χ3v) is 9.37. The lowest BCUT2D eigenvalue weighted by molar-refractivity contribution is 0.0924. The summed E-state index contributed by atoms with van der Waals surface area (Å²) in [5, 5.41) is 12.4. The monoisotopic (exact) mass is 489 g/mol. The van der Waals surface area contributed by atoms with Crippen LogP contribution in [0.15, 0.2) is 42.6 Å². The summed E-state index contributed by atoms with van der Waals surface area (Å²) in [6.45, 7) is 3.26. The number of aromatic nitrogens is 3. The summed E-state index contributed by atoms with van der Waals surface area (Å²) in [6.07, 6.45) is 7.31. The molecule has 0 spiro atoms. The predicted octanol–water partition coefficient (Wildman–Crippen LogP) is 4.17. The molecule has 180 valence electrons. The quantitative estimate of drug-likeness (QED) is 0.535. The van der Waals surface area contributed by atoms with Crippen molar-refractivity contribution in [3.63, 3.8) is 0 Å². The molecule has 8 nitrogen and oxygen atoms in total. The highest BCUT2D eigenvalue weighted by Crippen LogP contribution is 2.38. The third-order valence-electron chi connectivity index (χ3n) is 6.62. The topological polar surface area (TPSA) is 129 Å². The maximum absolute atomic E-state index is 12.6. The number of H-pyrrole nitrogens is 1. The molecular formula is C26H27N5O3S. The molecule has 0 aromatic carbocycles. The lowest BCUT2D eigenvalue weighted by Gasteiger charge is -2.21. The normalized spacial score (nSPS) is 18.7. The zero-order valence-corrected chi connectivity index (χ0v) is 20.5. The lowest BCUT2D eigenvalue weighted by atomic mass is 9.97. The van der Waals surface area contributed by atoms with Crippen LogP contribution in [0.2, 0.25) is 0 Å². The fraction of sp³-hybridized carbons (Fsp3) is 0.385. The van der Waals surface area contributed by atoms with Crippen LogP contribution in [-0.2, 0) is 9.84 Å². The lowest BCUT2D eigenvalue weighted by Crippen LogP contribution is -2.42. The third kappa shape index (κ3) is 4.71. The summed E-state index contributed by atoms with van der Waals surface area (Å²) >= 11 is 0. The van der Waals surface area contributed by atoms with Crippen LogP contribution in [0.3, 0.4) is 0 Å². The highest BCUT2D eigenvalue weighted by molar-refractivity contribution is 7.92. The zero-order valence-electron chi connectivity index (χ0n) is 19.7. The van der Waals surface area contributed by atoms with Crippen molar-refractivity contribution in [2.24, 2.45) is 0 Å². The molecule has 0 saturated heterocycles. The number of nitrogens with zero attached hydrogens (tertiary/aromatic N) is 3. The molecule has 5 rings (SSSR count). The zero-order chi connectivity index (χ0) is 24.8. The highest BCUT2D eigenvalue weighted by Gasteiger charge is 2.41. The van der Waals surface area contributed by atoms with Gasteiger partial charge in [0.15, 0.2) is 9.84 Å². The Morgan fingerprint density at radius 1 is 1.20 bits per heavy atom. The molecule has 2 aliphatic carbocycles. The van der Waals surface area contributed by atoms with Gasteiger partial charge in [0.2, 0.25) is 0 Å². The molecular weight excluding hydrogens is 462 g/mol. The molecule has 1 fully saturated rings. The fourth-order valence-electron chi connectivity index (χ4n) is 4.45. The number of allylic oxidation sites excluding steroid dienone is 2. The Kier molecular flexibility index (Phi) is 5.72. The van der Waals surface area contributed by atoms with E-state index in [9.17, 15) is 13.2 Å². The van der Waals surface area contributed by atoms with Gasteiger partial charge in [0, 0.05) is 22.8 Å². The van der Waals surface area contributed by atoms with Gasteiger partial charge in [-0.1, -0.05) is 12.1 Å². The molecule has 35 heavy (non-hydrogen) atoms. The molecule has 1 saturated carbocycles. The van der Waals surface area contributed by atoms with E-state index in [1.165, 1.54) is 0 Å². The van der Waals surface area contributed by atoms with E-state index in [1.54, 1.807) is 32.2 Å². The largest absolute Gasteiger partial charge is 0.340 e. The number of sulfone groups is 1. The molecule has 0 radical (unpaired) electrons. The molecule has 1 unspecified atom stereocenters. The molecule has 2 N–H and O–H groups in total. The SMILES string of the molecule is CC(C)(C#N)NC(=O)c1cccc(-c2cnc3[nH]c(C4=CCC(S(=O)(=O)C5CC5)CC4)cc3c2)n1. The van der Waals surface area contributed by atoms with E-state index in [0.29, 0.717) is 25.0 Å². The standard InChI is InChI=1S/C26H27N5O3S/c1-26(2,15-27)31-25(32)22-5-3-4-21(29-22)18-12-17-13-23(30-24(17)28-14-18)16-6-8-19(9-7-16)35(33,34)20-10-11-20/h3-6,12-14,19-20H,7-11H2,1-2H3,(H,28,30)(H,31,32). The van der Waals surface area contributed by atoms with Crippen LogP contribution in [0.25, 0.3) is 27.9 Å². The first-order valence-electron chi connectivity index (χ1n) is 11.8. The van der Waals surface area contributed by atoms with Crippen LogP contribution in [0, 0.1) is 11.3 Å².